The number of aromatic nitrogens is 2. The van der Waals surface area contributed by atoms with Gasteiger partial charge >= 0.3 is 0 Å². The standard InChI is InChI=1S/C9H15N3O/c1-4-7(10)9-11-8(13-12-9)5-6(2)3/h5,7H,4,10H2,1-3H3. The molecule has 0 aromatic carbocycles. The zero-order valence-corrected chi connectivity index (χ0v) is 8.24. The largest absolute Gasteiger partial charge is 0.335 e. The van der Waals surface area contributed by atoms with Gasteiger partial charge in [0.25, 0.3) is 5.89 Å². The molecule has 0 radical (unpaired) electrons. The van der Waals surface area contributed by atoms with Crippen molar-refractivity contribution < 1.29 is 4.52 Å². The van der Waals surface area contributed by atoms with Crippen molar-refractivity contribution in [3.8, 4) is 0 Å². The van der Waals surface area contributed by atoms with Gasteiger partial charge in [-0.1, -0.05) is 17.7 Å². The lowest BCUT2D eigenvalue weighted by Crippen LogP contribution is -2.10. The summed E-state index contributed by atoms with van der Waals surface area (Å²) in [4.78, 5) is 4.14. The number of nitrogens with two attached hydrogens (primary N) is 1. The lowest BCUT2D eigenvalue weighted by Gasteiger charge is -1.98. The van der Waals surface area contributed by atoms with Gasteiger partial charge in [-0.2, -0.15) is 4.98 Å². The van der Waals surface area contributed by atoms with Gasteiger partial charge in [0.15, 0.2) is 5.82 Å². The molecule has 0 aliphatic carbocycles. The molecule has 0 aliphatic rings. The van der Waals surface area contributed by atoms with Gasteiger partial charge in [0.05, 0.1) is 6.04 Å². The number of nitrogens with zero attached hydrogens (tertiary/aromatic N) is 2. The minimum Gasteiger partial charge on any atom is -0.335 e. The molecule has 1 aromatic heterocycles. The van der Waals surface area contributed by atoms with Crippen molar-refractivity contribution in [1.82, 2.24) is 10.1 Å². The molecule has 72 valence electrons. The molecule has 1 atom stereocenters. The maximum absolute atomic E-state index is 5.73. The van der Waals surface area contributed by atoms with Crippen LogP contribution in [0.2, 0.25) is 0 Å². The van der Waals surface area contributed by atoms with Gasteiger partial charge < -0.3 is 10.3 Å². The summed E-state index contributed by atoms with van der Waals surface area (Å²) in [6.07, 6.45) is 2.65. The maximum atomic E-state index is 5.73. The van der Waals surface area contributed by atoms with E-state index >= 15 is 0 Å². The van der Waals surface area contributed by atoms with Crippen molar-refractivity contribution in [1.29, 1.82) is 0 Å². The summed E-state index contributed by atoms with van der Waals surface area (Å²) in [5, 5.41) is 3.78. The van der Waals surface area contributed by atoms with Crippen molar-refractivity contribution in [3.63, 3.8) is 0 Å². The minimum absolute atomic E-state index is 0.122. The van der Waals surface area contributed by atoms with Crippen molar-refractivity contribution >= 4 is 6.08 Å². The zero-order valence-electron chi connectivity index (χ0n) is 8.24. The minimum atomic E-state index is -0.122. The fourth-order valence-electron chi connectivity index (χ4n) is 0.886. The molecule has 0 amide bonds. The van der Waals surface area contributed by atoms with Crippen LogP contribution >= 0.6 is 0 Å². The van der Waals surface area contributed by atoms with E-state index in [2.05, 4.69) is 10.1 Å². The van der Waals surface area contributed by atoms with Crippen LogP contribution in [0, 0.1) is 0 Å². The van der Waals surface area contributed by atoms with Crippen LogP contribution in [0.4, 0.5) is 0 Å². The average molecular weight is 181 g/mol. The first-order valence-electron chi connectivity index (χ1n) is 4.37. The maximum Gasteiger partial charge on any atom is 0.250 e. The Bertz CT molecular complexity index is 300. The van der Waals surface area contributed by atoms with Crippen LogP contribution in [0.3, 0.4) is 0 Å². The molecule has 1 unspecified atom stereocenters. The van der Waals surface area contributed by atoms with Crippen molar-refractivity contribution in [2.75, 3.05) is 0 Å². The predicted octanol–water partition coefficient (Wildman–Crippen LogP) is 1.90. The first-order chi connectivity index (χ1) is 6.13. The fraction of sp³-hybridized carbons (Fsp3) is 0.556. The van der Waals surface area contributed by atoms with Crippen LogP contribution in [-0.4, -0.2) is 10.1 Å². The van der Waals surface area contributed by atoms with Crippen molar-refractivity contribution in [3.05, 3.63) is 17.3 Å². The second-order valence-electron chi connectivity index (χ2n) is 3.23. The monoisotopic (exact) mass is 181 g/mol. The molecular weight excluding hydrogens is 166 g/mol. The van der Waals surface area contributed by atoms with Gasteiger partial charge in [-0.25, -0.2) is 0 Å². The van der Waals surface area contributed by atoms with E-state index in [9.17, 15) is 0 Å². The summed E-state index contributed by atoms with van der Waals surface area (Å²) in [5.74, 6) is 1.11. The molecule has 1 heterocycles. The highest BCUT2D eigenvalue weighted by atomic mass is 16.5. The second-order valence-corrected chi connectivity index (χ2v) is 3.23. The number of hydrogen-bond acceptors (Lipinski definition) is 4. The van der Waals surface area contributed by atoms with E-state index in [1.54, 1.807) is 0 Å². The highest BCUT2D eigenvalue weighted by molar-refractivity contribution is 5.41. The van der Waals surface area contributed by atoms with E-state index < -0.39 is 0 Å². The number of hydrogen-bond donors (Lipinski definition) is 1. The van der Waals surface area contributed by atoms with Crippen LogP contribution < -0.4 is 5.73 Å². The molecular formula is C9H15N3O. The van der Waals surface area contributed by atoms with Gasteiger partial charge in [-0.3, -0.25) is 0 Å². The topological polar surface area (TPSA) is 64.9 Å². The predicted molar refractivity (Wildman–Crippen MR) is 50.8 cm³/mol. The average Bonchev–Trinajstić information content (AvgIpc) is 2.50. The fourth-order valence-corrected chi connectivity index (χ4v) is 0.886. The van der Waals surface area contributed by atoms with E-state index in [1.807, 2.05) is 26.8 Å². The Morgan fingerprint density at radius 2 is 2.31 bits per heavy atom. The normalized spacial score (nSPS) is 12.6. The summed E-state index contributed by atoms with van der Waals surface area (Å²) < 4.78 is 4.98. The molecule has 0 saturated heterocycles. The molecule has 2 N–H and O–H groups in total. The Labute approximate surface area is 77.8 Å². The molecule has 0 saturated carbocycles. The van der Waals surface area contributed by atoms with Crippen LogP contribution in [0.1, 0.15) is 44.9 Å². The van der Waals surface area contributed by atoms with Crippen molar-refractivity contribution in [2.24, 2.45) is 5.73 Å². The lowest BCUT2D eigenvalue weighted by molar-refractivity contribution is 0.397. The van der Waals surface area contributed by atoms with Crippen LogP contribution in [-0.2, 0) is 0 Å². The van der Waals surface area contributed by atoms with E-state index in [0.717, 1.165) is 12.0 Å². The molecule has 4 nitrogen and oxygen atoms in total. The van der Waals surface area contributed by atoms with E-state index in [-0.39, 0.29) is 6.04 Å². The second kappa shape index (κ2) is 4.18. The SMILES string of the molecule is CCC(N)c1noc(C=C(C)C)n1. The molecule has 0 fully saturated rings. The molecule has 13 heavy (non-hydrogen) atoms. The van der Waals surface area contributed by atoms with Crippen LogP contribution in [0.25, 0.3) is 6.08 Å². The van der Waals surface area contributed by atoms with E-state index in [4.69, 9.17) is 10.3 Å². The summed E-state index contributed by atoms with van der Waals surface area (Å²) in [5.41, 5.74) is 6.86. The first-order valence-corrected chi connectivity index (χ1v) is 4.37. The van der Waals surface area contributed by atoms with Gasteiger partial charge in [-0.05, 0) is 20.3 Å². The highest BCUT2D eigenvalue weighted by Crippen LogP contribution is 2.11. The molecule has 1 rings (SSSR count). The molecule has 0 bridgehead atoms. The van der Waals surface area contributed by atoms with Gasteiger partial charge in [-0.15, -0.1) is 0 Å². The summed E-state index contributed by atoms with van der Waals surface area (Å²) in [6.45, 7) is 5.94. The molecule has 1 aromatic rings. The Morgan fingerprint density at radius 3 is 2.85 bits per heavy atom. The first kappa shape index (κ1) is 9.92. The van der Waals surface area contributed by atoms with Gasteiger partial charge in [0.1, 0.15) is 0 Å². The summed E-state index contributed by atoms with van der Waals surface area (Å²) >= 11 is 0. The van der Waals surface area contributed by atoms with Crippen LogP contribution in [0.5, 0.6) is 0 Å². The Balaban J connectivity index is 2.80. The van der Waals surface area contributed by atoms with Crippen molar-refractivity contribution in [2.45, 2.75) is 33.2 Å². The van der Waals surface area contributed by atoms with Crippen LogP contribution in [0.15, 0.2) is 10.1 Å². The third-order valence-corrected chi connectivity index (χ3v) is 1.64. The van der Waals surface area contributed by atoms with Gasteiger partial charge in [0, 0.05) is 6.08 Å². The summed E-state index contributed by atoms with van der Waals surface area (Å²) in [7, 11) is 0. The van der Waals surface area contributed by atoms with Gasteiger partial charge in [0.2, 0.25) is 0 Å². The number of rotatable bonds is 3. The van der Waals surface area contributed by atoms with E-state index in [0.29, 0.717) is 11.7 Å². The Hall–Kier alpha value is -1.16. The quantitative estimate of drug-likeness (QED) is 0.773. The smallest absolute Gasteiger partial charge is 0.250 e. The van der Waals surface area contributed by atoms with E-state index in [1.165, 1.54) is 0 Å². The Morgan fingerprint density at radius 1 is 1.62 bits per heavy atom. The Kier molecular flexibility index (Phi) is 3.19. The third-order valence-electron chi connectivity index (χ3n) is 1.64. The molecule has 4 heteroatoms. The lowest BCUT2D eigenvalue weighted by atomic mass is 10.2. The highest BCUT2D eigenvalue weighted by Gasteiger charge is 2.10. The summed E-state index contributed by atoms with van der Waals surface area (Å²) in [6, 6.07) is -0.122. The molecule has 0 spiro atoms. The molecule has 0 aliphatic heterocycles. The number of allylic oxidation sites excluding steroid dienone is 1. The zero-order chi connectivity index (χ0) is 9.84. The third kappa shape index (κ3) is 2.66.